The third kappa shape index (κ3) is 5.33. The van der Waals surface area contributed by atoms with Gasteiger partial charge in [-0.15, -0.1) is 0 Å². The predicted octanol–water partition coefficient (Wildman–Crippen LogP) is 3.71. The summed E-state index contributed by atoms with van der Waals surface area (Å²) < 4.78 is 32.3. The first-order chi connectivity index (χ1) is 15.2. The molecule has 0 radical (unpaired) electrons. The van der Waals surface area contributed by atoms with Gasteiger partial charge in [-0.05, 0) is 61.9 Å². The zero-order chi connectivity index (χ0) is 23.4. The molecule has 0 spiro atoms. The van der Waals surface area contributed by atoms with Gasteiger partial charge >= 0.3 is 0 Å². The maximum absolute atomic E-state index is 13.4. The molecular formula is C25H34N2O4S. The lowest BCUT2D eigenvalue weighted by Gasteiger charge is -2.39. The van der Waals surface area contributed by atoms with Gasteiger partial charge in [-0.3, -0.25) is 9.10 Å². The molecule has 1 fully saturated rings. The largest absolute Gasteiger partial charge is 0.381 e. The van der Waals surface area contributed by atoms with E-state index in [-0.39, 0.29) is 11.3 Å². The van der Waals surface area contributed by atoms with E-state index < -0.39 is 16.1 Å². The van der Waals surface area contributed by atoms with Gasteiger partial charge in [0.2, 0.25) is 15.9 Å². The van der Waals surface area contributed by atoms with Crippen molar-refractivity contribution < 1.29 is 17.9 Å². The van der Waals surface area contributed by atoms with E-state index in [9.17, 15) is 13.2 Å². The summed E-state index contributed by atoms with van der Waals surface area (Å²) >= 11 is 0. The Labute approximate surface area is 192 Å². The number of nitrogens with zero attached hydrogens (tertiary/aromatic N) is 1. The van der Waals surface area contributed by atoms with Crippen molar-refractivity contribution in [3.8, 4) is 0 Å². The molecule has 1 amide bonds. The van der Waals surface area contributed by atoms with Crippen molar-refractivity contribution in [1.82, 2.24) is 5.32 Å². The molecule has 1 aliphatic rings. The Hall–Kier alpha value is -2.38. The summed E-state index contributed by atoms with van der Waals surface area (Å²) in [5.41, 5.74) is 3.52. The van der Waals surface area contributed by atoms with Gasteiger partial charge < -0.3 is 10.1 Å². The maximum atomic E-state index is 13.4. The smallest absolute Gasteiger partial charge is 0.243 e. The molecular weight excluding hydrogens is 424 g/mol. The van der Waals surface area contributed by atoms with Crippen molar-refractivity contribution in [3.05, 3.63) is 65.2 Å². The number of nitrogens with one attached hydrogen (secondary N) is 1. The van der Waals surface area contributed by atoms with Gasteiger partial charge in [0.15, 0.2) is 0 Å². The summed E-state index contributed by atoms with van der Waals surface area (Å²) in [4.78, 5) is 13.4. The van der Waals surface area contributed by atoms with Gasteiger partial charge in [0.05, 0.1) is 11.9 Å². The van der Waals surface area contributed by atoms with Crippen LogP contribution in [-0.2, 0) is 25.0 Å². The molecule has 1 N–H and O–H groups in total. The SMILES string of the molecule is CCC(C(=O)NCC1(c2ccccc2)CCOCC1)N(c1ccc(C)c(C)c1)S(C)(=O)=O. The highest BCUT2D eigenvalue weighted by Gasteiger charge is 2.37. The van der Waals surface area contributed by atoms with E-state index in [0.29, 0.717) is 31.9 Å². The molecule has 1 heterocycles. The van der Waals surface area contributed by atoms with Crippen LogP contribution in [0.4, 0.5) is 5.69 Å². The number of hydrogen-bond donors (Lipinski definition) is 1. The molecule has 1 aliphatic heterocycles. The van der Waals surface area contributed by atoms with Gasteiger partial charge in [-0.25, -0.2) is 8.42 Å². The molecule has 6 nitrogen and oxygen atoms in total. The number of sulfonamides is 1. The molecule has 7 heteroatoms. The molecule has 174 valence electrons. The number of anilines is 1. The fourth-order valence-electron chi connectivity index (χ4n) is 4.42. The average molecular weight is 459 g/mol. The second kappa shape index (κ2) is 10.0. The summed E-state index contributed by atoms with van der Waals surface area (Å²) in [6.45, 7) is 7.48. The van der Waals surface area contributed by atoms with Crippen LogP contribution in [-0.4, -0.2) is 46.4 Å². The van der Waals surface area contributed by atoms with E-state index >= 15 is 0 Å². The van der Waals surface area contributed by atoms with Crippen molar-refractivity contribution in [1.29, 1.82) is 0 Å². The van der Waals surface area contributed by atoms with Crippen LogP contribution >= 0.6 is 0 Å². The Morgan fingerprint density at radius 3 is 2.31 bits per heavy atom. The molecule has 3 rings (SSSR count). The number of carbonyl (C=O) groups excluding carboxylic acids is 1. The highest BCUT2D eigenvalue weighted by atomic mass is 32.2. The summed E-state index contributed by atoms with van der Waals surface area (Å²) in [6.07, 6.45) is 3.14. The predicted molar refractivity (Wildman–Crippen MR) is 129 cm³/mol. The second-order valence-corrected chi connectivity index (χ2v) is 10.6. The molecule has 2 aromatic carbocycles. The van der Waals surface area contributed by atoms with Crippen molar-refractivity contribution in [2.24, 2.45) is 0 Å². The van der Waals surface area contributed by atoms with Gasteiger partial charge in [0.1, 0.15) is 6.04 Å². The average Bonchev–Trinajstić information content (AvgIpc) is 2.78. The number of benzene rings is 2. The summed E-state index contributed by atoms with van der Waals surface area (Å²) in [7, 11) is -3.66. The first kappa shape index (κ1) is 24.3. The first-order valence-corrected chi connectivity index (χ1v) is 13.0. The normalized spacial score (nSPS) is 16.9. The van der Waals surface area contributed by atoms with Crippen molar-refractivity contribution in [2.75, 3.05) is 30.3 Å². The lowest BCUT2D eigenvalue weighted by atomic mass is 9.74. The Morgan fingerprint density at radius 1 is 1.09 bits per heavy atom. The number of amides is 1. The highest BCUT2D eigenvalue weighted by molar-refractivity contribution is 7.92. The van der Waals surface area contributed by atoms with Crippen LogP contribution in [0, 0.1) is 13.8 Å². The summed E-state index contributed by atoms with van der Waals surface area (Å²) in [5, 5.41) is 3.09. The molecule has 2 aromatic rings. The van der Waals surface area contributed by atoms with E-state index in [0.717, 1.165) is 30.2 Å². The lowest BCUT2D eigenvalue weighted by Crippen LogP contribution is -2.52. The molecule has 0 aromatic heterocycles. The van der Waals surface area contributed by atoms with Gasteiger partial charge in [-0.1, -0.05) is 43.3 Å². The quantitative estimate of drug-likeness (QED) is 0.654. The standard InChI is InChI=1S/C25H34N2O4S/c1-5-23(27(32(4,29)30)22-12-11-19(2)20(3)17-22)24(28)26-18-25(13-15-31-16-14-25)21-9-7-6-8-10-21/h6-12,17,23H,5,13-16,18H2,1-4H3,(H,26,28). The van der Waals surface area contributed by atoms with Gasteiger partial charge in [-0.2, -0.15) is 0 Å². The Morgan fingerprint density at radius 2 is 1.75 bits per heavy atom. The molecule has 0 saturated carbocycles. The third-order valence-electron chi connectivity index (χ3n) is 6.51. The first-order valence-electron chi connectivity index (χ1n) is 11.2. The molecule has 0 bridgehead atoms. The number of carbonyl (C=O) groups is 1. The van der Waals surface area contributed by atoms with Gasteiger partial charge in [0, 0.05) is 25.2 Å². The van der Waals surface area contributed by atoms with Crippen LogP contribution < -0.4 is 9.62 Å². The monoisotopic (exact) mass is 458 g/mol. The van der Waals surface area contributed by atoms with E-state index in [1.807, 2.05) is 51.1 Å². The Bertz CT molecular complexity index is 1030. The number of aryl methyl sites for hydroxylation is 2. The van der Waals surface area contributed by atoms with Crippen LogP contribution in [0.5, 0.6) is 0 Å². The zero-order valence-corrected chi connectivity index (χ0v) is 20.2. The maximum Gasteiger partial charge on any atom is 0.243 e. The fourth-order valence-corrected chi connectivity index (χ4v) is 5.62. The third-order valence-corrected chi connectivity index (χ3v) is 7.69. The summed E-state index contributed by atoms with van der Waals surface area (Å²) in [6, 6.07) is 14.8. The highest BCUT2D eigenvalue weighted by Crippen LogP contribution is 2.34. The lowest BCUT2D eigenvalue weighted by molar-refractivity contribution is -0.122. The van der Waals surface area contributed by atoms with E-state index in [1.54, 1.807) is 6.07 Å². The van der Waals surface area contributed by atoms with Crippen molar-refractivity contribution in [2.45, 2.75) is 51.5 Å². The number of rotatable bonds is 8. The molecule has 1 unspecified atom stereocenters. The summed E-state index contributed by atoms with van der Waals surface area (Å²) in [5.74, 6) is -0.280. The number of ether oxygens (including phenoxy) is 1. The van der Waals surface area contributed by atoms with E-state index in [1.165, 1.54) is 9.87 Å². The van der Waals surface area contributed by atoms with E-state index in [2.05, 4.69) is 17.4 Å². The van der Waals surface area contributed by atoms with Crippen LogP contribution in [0.2, 0.25) is 0 Å². The van der Waals surface area contributed by atoms with E-state index in [4.69, 9.17) is 4.74 Å². The number of hydrogen-bond acceptors (Lipinski definition) is 4. The minimum absolute atomic E-state index is 0.218. The van der Waals surface area contributed by atoms with Crippen molar-refractivity contribution in [3.63, 3.8) is 0 Å². The Kier molecular flexibility index (Phi) is 7.62. The molecule has 0 aliphatic carbocycles. The second-order valence-electron chi connectivity index (χ2n) is 8.73. The Balaban J connectivity index is 1.86. The topological polar surface area (TPSA) is 75.7 Å². The fraction of sp³-hybridized carbons (Fsp3) is 0.480. The van der Waals surface area contributed by atoms with Gasteiger partial charge in [0.25, 0.3) is 0 Å². The molecule has 1 saturated heterocycles. The molecule has 1 atom stereocenters. The van der Waals surface area contributed by atoms with Crippen LogP contribution in [0.1, 0.15) is 42.9 Å². The van der Waals surface area contributed by atoms with Crippen LogP contribution in [0.15, 0.2) is 48.5 Å². The minimum atomic E-state index is -3.66. The van der Waals surface area contributed by atoms with Crippen LogP contribution in [0.3, 0.4) is 0 Å². The van der Waals surface area contributed by atoms with Crippen LogP contribution in [0.25, 0.3) is 0 Å². The molecule has 32 heavy (non-hydrogen) atoms. The minimum Gasteiger partial charge on any atom is -0.381 e. The zero-order valence-electron chi connectivity index (χ0n) is 19.4. The van der Waals surface area contributed by atoms with Crippen molar-refractivity contribution >= 4 is 21.6 Å².